The van der Waals surface area contributed by atoms with Crippen LogP contribution in [0.1, 0.15) is 24.8 Å². The molecule has 6 heteroatoms. The number of amides is 1. The lowest BCUT2D eigenvalue weighted by Gasteiger charge is -2.36. The van der Waals surface area contributed by atoms with Crippen LogP contribution < -0.4 is 10.5 Å². The lowest BCUT2D eigenvalue weighted by molar-refractivity contribution is -0.140. The van der Waals surface area contributed by atoms with Crippen molar-refractivity contribution in [3.8, 4) is 5.75 Å². The number of fused-ring (bicyclic) bond motifs is 1. The van der Waals surface area contributed by atoms with E-state index in [0.717, 1.165) is 30.6 Å². The first kappa shape index (κ1) is 13.7. The van der Waals surface area contributed by atoms with E-state index in [0.29, 0.717) is 13.0 Å². The highest BCUT2D eigenvalue weighted by molar-refractivity contribution is 5.92. The quantitative estimate of drug-likeness (QED) is 0.369. The lowest BCUT2D eigenvalue weighted by atomic mass is 9.99. The minimum atomic E-state index is -0.505. The summed E-state index contributed by atoms with van der Waals surface area (Å²) in [5, 5.41) is 12.0. The highest BCUT2D eigenvalue weighted by Crippen LogP contribution is 2.30. The van der Waals surface area contributed by atoms with Crippen molar-refractivity contribution in [3.05, 3.63) is 29.8 Å². The molecule has 2 unspecified atom stereocenters. The van der Waals surface area contributed by atoms with Crippen LogP contribution >= 0.6 is 0 Å². The van der Waals surface area contributed by atoms with Gasteiger partial charge in [-0.25, -0.2) is 0 Å². The molecule has 1 aromatic carbocycles. The Hall–Kier alpha value is -2.24. The Morgan fingerprint density at radius 3 is 2.95 bits per heavy atom. The van der Waals surface area contributed by atoms with Crippen molar-refractivity contribution in [3.63, 3.8) is 0 Å². The molecule has 2 atom stereocenters. The van der Waals surface area contributed by atoms with Gasteiger partial charge in [-0.05, 0) is 30.9 Å². The molecule has 1 fully saturated rings. The number of rotatable bonds is 2. The van der Waals surface area contributed by atoms with E-state index in [-0.39, 0.29) is 17.8 Å². The molecule has 2 aliphatic heterocycles. The van der Waals surface area contributed by atoms with Crippen molar-refractivity contribution in [1.29, 1.82) is 0 Å². The number of para-hydroxylation sites is 1. The van der Waals surface area contributed by atoms with E-state index in [4.69, 9.17) is 15.7 Å². The van der Waals surface area contributed by atoms with E-state index in [1.807, 2.05) is 24.3 Å². The number of hydrogen-bond acceptors (Lipinski definition) is 4. The minimum absolute atomic E-state index is 0.0810. The third-order valence-electron chi connectivity index (χ3n) is 4.17. The Morgan fingerprint density at radius 2 is 2.19 bits per heavy atom. The van der Waals surface area contributed by atoms with Gasteiger partial charge in [-0.15, -0.1) is 0 Å². The topological polar surface area (TPSA) is 88.2 Å². The number of nitrogens with zero attached hydrogens (tertiary/aromatic N) is 2. The molecule has 0 aliphatic carbocycles. The monoisotopic (exact) mass is 289 g/mol. The first-order valence-corrected chi connectivity index (χ1v) is 7.23. The molecule has 0 bridgehead atoms. The fourth-order valence-corrected chi connectivity index (χ4v) is 3.07. The van der Waals surface area contributed by atoms with Crippen LogP contribution in [0.25, 0.3) is 0 Å². The number of nitrogens with two attached hydrogens (primary N) is 1. The number of likely N-dealkylation sites (tertiary alicyclic amines) is 1. The zero-order valence-electron chi connectivity index (χ0n) is 11.7. The number of carbonyl (C=O) groups is 1. The van der Waals surface area contributed by atoms with Crippen molar-refractivity contribution in [1.82, 2.24) is 4.90 Å². The standard InChI is InChI=1S/C15H19N3O3/c16-14(17-20)11-6-3-4-8-18(11)15(19)13-9-10-5-1-2-7-12(10)21-13/h1-2,5,7,11,13,20H,3-4,6,8-9H2,(H2,16,17). The average Bonchev–Trinajstić information content (AvgIpc) is 2.97. The van der Waals surface area contributed by atoms with Crippen LogP contribution in [0, 0.1) is 0 Å². The Balaban J connectivity index is 1.76. The summed E-state index contributed by atoms with van der Waals surface area (Å²) in [6.45, 7) is 0.621. The van der Waals surface area contributed by atoms with Gasteiger partial charge in [0.2, 0.25) is 0 Å². The van der Waals surface area contributed by atoms with E-state index in [1.54, 1.807) is 4.90 Å². The molecule has 0 aromatic heterocycles. The molecule has 3 rings (SSSR count). The van der Waals surface area contributed by atoms with Gasteiger partial charge in [0.05, 0.1) is 6.04 Å². The number of hydrogen-bond donors (Lipinski definition) is 2. The second kappa shape index (κ2) is 5.63. The molecule has 6 nitrogen and oxygen atoms in total. The first-order chi connectivity index (χ1) is 10.2. The zero-order chi connectivity index (χ0) is 14.8. The third-order valence-corrected chi connectivity index (χ3v) is 4.17. The highest BCUT2D eigenvalue weighted by atomic mass is 16.5. The minimum Gasteiger partial charge on any atom is -0.480 e. The van der Waals surface area contributed by atoms with Crippen molar-refractivity contribution < 1.29 is 14.7 Å². The van der Waals surface area contributed by atoms with Crippen LogP contribution in [0.3, 0.4) is 0 Å². The summed E-state index contributed by atoms with van der Waals surface area (Å²) < 4.78 is 5.75. The maximum absolute atomic E-state index is 12.7. The van der Waals surface area contributed by atoms with Gasteiger partial charge in [0.25, 0.3) is 5.91 Å². The summed E-state index contributed by atoms with van der Waals surface area (Å²) in [7, 11) is 0. The fourth-order valence-electron chi connectivity index (χ4n) is 3.07. The van der Waals surface area contributed by atoms with Crippen LogP contribution in [0.15, 0.2) is 29.4 Å². The number of piperidine rings is 1. The van der Waals surface area contributed by atoms with Crippen LogP contribution in [-0.2, 0) is 11.2 Å². The number of ether oxygens (including phenoxy) is 1. The molecular weight excluding hydrogens is 270 g/mol. The van der Waals surface area contributed by atoms with Gasteiger partial charge in [0.1, 0.15) is 5.75 Å². The number of amidine groups is 1. The van der Waals surface area contributed by atoms with Crippen molar-refractivity contribution in [2.24, 2.45) is 10.9 Å². The Kier molecular flexibility index (Phi) is 3.68. The third kappa shape index (κ3) is 2.53. The summed E-state index contributed by atoms with van der Waals surface area (Å²) in [4.78, 5) is 14.4. The maximum atomic E-state index is 12.7. The number of benzene rings is 1. The molecule has 0 spiro atoms. The molecule has 1 amide bonds. The Labute approximate surface area is 123 Å². The zero-order valence-corrected chi connectivity index (χ0v) is 11.7. The van der Waals surface area contributed by atoms with Crippen LogP contribution in [0.5, 0.6) is 5.75 Å². The summed E-state index contributed by atoms with van der Waals surface area (Å²) in [6, 6.07) is 7.35. The van der Waals surface area contributed by atoms with Gasteiger partial charge in [0.15, 0.2) is 11.9 Å². The highest BCUT2D eigenvalue weighted by Gasteiger charge is 2.37. The van der Waals surface area contributed by atoms with Crippen LogP contribution in [0.2, 0.25) is 0 Å². The van der Waals surface area contributed by atoms with Gasteiger partial charge in [-0.1, -0.05) is 23.4 Å². The van der Waals surface area contributed by atoms with Gasteiger partial charge >= 0.3 is 0 Å². The molecule has 21 heavy (non-hydrogen) atoms. The summed E-state index contributed by atoms with van der Waals surface area (Å²) in [6.07, 6.45) is 2.70. The summed E-state index contributed by atoms with van der Waals surface area (Å²) in [5.41, 5.74) is 6.77. The van der Waals surface area contributed by atoms with E-state index < -0.39 is 6.10 Å². The smallest absolute Gasteiger partial charge is 0.264 e. The van der Waals surface area contributed by atoms with E-state index in [9.17, 15) is 4.79 Å². The van der Waals surface area contributed by atoms with Gasteiger partial charge in [0, 0.05) is 13.0 Å². The van der Waals surface area contributed by atoms with Crippen LogP contribution in [0.4, 0.5) is 0 Å². The summed E-state index contributed by atoms with van der Waals surface area (Å²) >= 11 is 0. The second-order valence-electron chi connectivity index (χ2n) is 5.49. The molecule has 2 heterocycles. The normalized spacial score (nSPS) is 25.3. The predicted octanol–water partition coefficient (Wildman–Crippen LogP) is 1.12. The molecule has 3 N–H and O–H groups in total. The second-order valence-corrected chi connectivity index (χ2v) is 5.49. The molecule has 1 aromatic rings. The van der Waals surface area contributed by atoms with Crippen molar-refractivity contribution in [2.75, 3.05) is 6.54 Å². The SMILES string of the molecule is NC(=NO)C1CCCCN1C(=O)C1Cc2ccccc2O1. The molecule has 1 saturated heterocycles. The van der Waals surface area contributed by atoms with Gasteiger partial charge in [-0.3, -0.25) is 4.79 Å². The molecule has 0 radical (unpaired) electrons. The van der Waals surface area contributed by atoms with E-state index in [2.05, 4.69) is 5.16 Å². The van der Waals surface area contributed by atoms with Crippen molar-refractivity contribution >= 4 is 11.7 Å². The molecule has 2 aliphatic rings. The van der Waals surface area contributed by atoms with E-state index in [1.165, 1.54) is 0 Å². The van der Waals surface area contributed by atoms with Crippen LogP contribution in [-0.4, -0.2) is 40.5 Å². The largest absolute Gasteiger partial charge is 0.480 e. The Morgan fingerprint density at radius 1 is 1.38 bits per heavy atom. The predicted molar refractivity (Wildman–Crippen MR) is 77.3 cm³/mol. The fraction of sp³-hybridized carbons (Fsp3) is 0.467. The van der Waals surface area contributed by atoms with Crippen molar-refractivity contribution in [2.45, 2.75) is 37.8 Å². The Bertz CT molecular complexity index is 548. The molecule has 112 valence electrons. The molecule has 0 saturated carbocycles. The first-order valence-electron chi connectivity index (χ1n) is 7.23. The average molecular weight is 289 g/mol. The van der Waals surface area contributed by atoms with Gasteiger partial charge < -0.3 is 20.6 Å². The van der Waals surface area contributed by atoms with E-state index >= 15 is 0 Å². The maximum Gasteiger partial charge on any atom is 0.264 e. The van der Waals surface area contributed by atoms with Gasteiger partial charge in [-0.2, -0.15) is 0 Å². The number of oxime groups is 1. The number of carbonyl (C=O) groups excluding carboxylic acids is 1. The lowest BCUT2D eigenvalue weighted by Crippen LogP contribution is -2.54. The molecular formula is C15H19N3O3. The summed E-state index contributed by atoms with van der Waals surface area (Å²) in [5.74, 6) is 0.786.